The summed E-state index contributed by atoms with van der Waals surface area (Å²) in [5.41, 5.74) is 18.5. The Bertz CT molecular complexity index is 3760. The fourth-order valence-electron chi connectivity index (χ4n) is 11.4. The van der Waals surface area contributed by atoms with Gasteiger partial charge in [0.2, 0.25) is 0 Å². The van der Waals surface area contributed by atoms with Gasteiger partial charge in [-0.15, -0.1) is 0 Å². The first-order valence-corrected chi connectivity index (χ1v) is 21.4. The second-order valence-electron chi connectivity index (χ2n) is 16.8. The zero-order valence-electron chi connectivity index (χ0n) is 33.6. The highest BCUT2D eigenvalue weighted by Crippen LogP contribution is 2.62. The van der Waals surface area contributed by atoms with E-state index in [1.54, 1.807) is 0 Å². The van der Waals surface area contributed by atoms with Crippen molar-refractivity contribution in [3.05, 3.63) is 241 Å². The number of hydrogen-bond acceptors (Lipinski definition) is 2. The SMILES string of the molecule is c1ccc(N(c2ccc(-c3cc4c5c(ccc6c5c5c(cccc5n6-c5ccccc5)C45c4ccccc4-c4ccccc45)c3)cc2)c2cccc3oc4ccccc4c23)cc1. The molecule has 14 rings (SSSR count). The van der Waals surface area contributed by atoms with Gasteiger partial charge in [0, 0.05) is 33.2 Å². The summed E-state index contributed by atoms with van der Waals surface area (Å²) >= 11 is 0. The zero-order valence-corrected chi connectivity index (χ0v) is 33.6. The minimum absolute atomic E-state index is 0.513. The maximum absolute atomic E-state index is 6.38. The molecule has 3 heteroatoms. The summed E-state index contributed by atoms with van der Waals surface area (Å²) in [6, 6.07) is 80.2. The van der Waals surface area contributed by atoms with E-state index in [1.165, 1.54) is 82.8 Å². The zero-order chi connectivity index (χ0) is 40.5. The molecule has 0 atom stereocenters. The summed E-state index contributed by atoms with van der Waals surface area (Å²) in [6.07, 6.45) is 0. The van der Waals surface area contributed by atoms with Gasteiger partial charge in [-0.2, -0.15) is 0 Å². The lowest BCUT2D eigenvalue weighted by atomic mass is 9.62. The minimum Gasteiger partial charge on any atom is -0.456 e. The van der Waals surface area contributed by atoms with E-state index in [4.69, 9.17) is 4.42 Å². The number of hydrogen-bond donors (Lipinski definition) is 0. The van der Waals surface area contributed by atoms with Crippen molar-refractivity contribution in [2.45, 2.75) is 5.41 Å². The molecule has 288 valence electrons. The van der Waals surface area contributed by atoms with Crippen molar-refractivity contribution in [2.75, 3.05) is 4.90 Å². The number of nitrogens with zero attached hydrogens (tertiary/aromatic N) is 2. The third-order valence-electron chi connectivity index (χ3n) is 13.7. The summed E-state index contributed by atoms with van der Waals surface area (Å²) in [7, 11) is 0. The van der Waals surface area contributed by atoms with Crippen molar-refractivity contribution in [3.8, 4) is 27.9 Å². The molecule has 0 N–H and O–H groups in total. The maximum Gasteiger partial charge on any atom is 0.137 e. The van der Waals surface area contributed by atoms with E-state index in [1.807, 2.05) is 6.07 Å². The van der Waals surface area contributed by atoms with Gasteiger partial charge in [0.1, 0.15) is 11.2 Å². The molecule has 0 unspecified atom stereocenters. The van der Waals surface area contributed by atoms with E-state index in [9.17, 15) is 0 Å². The molecule has 2 aromatic heterocycles. The molecular weight excluding hydrogens is 753 g/mol. The van der Waals surface area contributed by atoms with E-state index in [-0.39, 0.29) is 0 Å². The van der Waals surface area contributed by atoms with Crippen LogP contribution in [0.4, 0.5) is 17.1 Å². The Hall–Kier alpha value is -8.14. The molecule has 1 spiro atoms. The number of benzene rings is 10. The Balaban J connectivity index is 1.03. The predicted molar refractivity (Wildman–Crippen MR) is 257 cm³/mol. The lowest BCUT2D eigenvalue weighted by Gasteiger charge is -2.38. The average Bonchev–Trinajstić information content (AvgIpc) is 3.99. The first kappa shape index (κ1) is 33.7. The predicted octanol–water partition coefficient (Wildman–Crippen LogP) is 15.6. The third kappa shape index (κ3) is 4.34. The van der Waals surface area contributed by atoms with Crippen molar-refractivity contribution in [1.29, 1.82) is 0 Å². The van der Waals surface area contributed by atoms with Gasteiger partial charge < -0.3 is 13.9 Å². The van der Waals surface area contributed by atoms with Crippen molar-refractivity contribution in [2.24, 2.45) is 0 Å². The number of aromatic nitrogens is 1. The van der Waals surface area contributed by atoms with Crippen LogP contribution < -0.4 is 4.90 Å². The van der Waals surface area contributed by atoms with Crippen LogP contribution in [-0.2, 0) is 5.41 Å². The first-order chi connectivity index (χ1) is 30.8. The van der Waals surface area contributed by atoms with Crippen LogP contribution in [-0.4, -0.2) is 4.57 Å². The number of furan rings is 1. The van der Waals surface area contributed by atoms with Crippen molar-refractivity contribution in [3.63, 3.8) is 0 Å². The lowest BCUT2D eigenvalue weighted by molar-refractivity contribution is 0.669. The topological polar surface area (TPSA) is 21.3 Å². The van der Waals surface area contributed by atoms with Crippen molar-refractivity contribution < 1.29 is 4.42 Å². The first-order valence-electron chi connectivity index (χ1n) is 21.4. The molecule has 0 amide bonds. The smallest absolute Gasteiger partial charge is 0.137 e. The molecule has 62 heavy (non-hydrogen) atoms. The van der Waals surface area contributed by atoms with Crippen molar-refractivity contribution in [1.82, 2.24) is 4.57 Å². The van der Waals surface area contributed by atoms with Gasteiger partial charge in [-0.25, -0.2) is 0 Å². The fraction of sp³-hybridized carbons (Fsp3) is 0.0169. The summed E-state index contributed by atoms with van der Waals surface area (Å²) in [6.45, 7) is 0. The molecule has 0 bridgehead atoms. The molecule has 12 aromatic rings. The monoisotopic (exact) mass is 788 g/mol. The van der Waals surface area contributed by atoms with Gasteiger partial charge in [-0.1, -0.05) is 140 Å². The van der Waals surface area contributed by atoms with Crippen LogP contribution in [0, 0.1) is 0 Å². The second-order valence-corrected chi connectivity index (χ2v) is 16.8. The highest BCUT2D eigenvalue weighted by Gasteiger charge is 2.50. The summed E-state index contributed by atoms with van der Waals surface area (Å²) < 4.78 is 8.85. The molecule has 3 nitrogen and oxygen atoms in total. The second kappa shape index (κ2) is 12.4. The Morgan fingerprint density at radius 3 is 1.81 bits per heavy atom. The van der Waals surface area contributed by atoms with E-state index >= 15 is 0 Å². The molecule has 0 saturated carbocycles. The van der Waals surface area contributed by atoms with E-state index in [0.717, 1.165) is 39.0 Å². The largest absolute Gasteiger partial charge is 0.456 e. The van der Waals surface area contributed by atoms with Gasteiger partial charge >= 0.3 is 0 Å². The summed E-state index contributed by atoms with van der Waals surface area (Å²) in [5.74, 6) is 0. The summed E-state index contributed by atoms with van der Waals surface area (Å²) in [5, 5.41) is 7.48. The molecule has 10 aromatic carbocycles. The van der Waals surface area contributed by atoms with Gasteiger partial charge in [-0.05, 0) is 134 Å². The van der Waals surface area contributed by atoms with Crippen LogP contribution >= 0.6 is 0 Å². The lowest BCUT2D eigenvalue weighted by Crippen LogP contribution is -2.30. The van der Waals surface area contributed by atoms with Crippen LogP contribution in [0.15, 0.2) is 223 Å². The van der Waals surface area contributed by atoms with E-state index < -0.39 is 5.41 Å². The third-order valence-corrected chi connectivity index (χ3v) is 13.7. The van der Waals surface area contributed by atoms with Gasteiger partial charge in [0.25, 0.3) is 0 Å². The van der Waals surface area contributed by atoms with Gasteiger partial charge in [-0.3, -0.25) is 0 Å². The van der Waals surface area contributed by atoms with E-state index in [2.05, 4.69) is 222 Å². The average molecular weight is 789 g/mol. The number of anilines is 3. The molecular formula is C59H36N2O. The highest BCUT2D eigenvalue weighted by molar-refractivity contribution is 6.27. The number of rotatable bonds is 5. The Kier molecular flexibility index (Phi) is 6.76. The standard InChI is InChI=1S/C59H36N2O/c1-3-15-40(16-4-1)60(50-26-14-28-54-56(50)45-21-9-12-27-53(45)62-54)42-32-29-37(30-33-42)39-35-38-31-34-52-58-55(38)49(36-39)59(46-22-10-7-19-43(46)44-20-8-11-23-47(44)59)48-24-13-25-51(57(48)58)61(52)41-17-5-2-6-18-41/h1-36H. The quantitative estimate of drug-likeness (QED) is 0.173. The Morgan fingerprint density at radius 1 is 0.387 bits per heavy atom. The molecule has 0 fully saturated rings. The van der Waals surface area contributed by atoms with Crippen LogP contribution in [0.1, 0.15) is 22.3 Å². The maximum atomic E-state index is 6.38. The van der Waals surface area contributed by atoms with E-state index in [0.29, 0.717) is 0 Å². The van der Waals surface area contributed by atoms with Crippen LogP contribution in [0.2, 0.25) is 0 Å². The number of fused-ring (bicyclic) bond motifs is 10. The van der Waals surface area contributed by atoms with Crippen LogP contribution in [0.3, 0.4) is 0 Å². The minimum atomic E-state index is -0.513. The van der Waals surface area contributed by atoms with Crippen LogP contribution in [0.25, 0.3) is 82.5 Å². The molecule has 0 radical (unpaired) electrons. The highest BCUT2D eigenvalue weighted by atomic mass is 16.3. The molecule has 2 aliphatic rings. The molecule has 0 aliphatic heterocycles. The molecule has 2 heterocycles. The van der Waals surface area contributed by atoms with Crippen molar-refractivity contribution >= 4 is 71.6 Å². The van der Waals surface area contributed by atoms with Crippen LogP contribution in [0.5, 0.6) is 0 Å². The summed E-state index contributed by atoms with van der Waals surface area (Å²) in [4.78, 5) is 2.36. The Morgan fingerprint density at radius 2 is 1.02 bits per heavy atom. The fourth-order valence-corrected chi connectivity index (χ4v) is 11.4. The molecule has 0 saturated heterocycles. The Labute approximate surface area is 358 Å². The molecule has 2 aliphatic carbocycles. The number of para-hydroxylation sites is 3. The van der Waals surface area contributed by atoms with Gasteiger partial charge in [0.15, 0.2) is 0 Å². The normalized spacial score (nSPS) is 13.3. The van der Waals surface area contributed by atoms with Gasteiger partial charge in [0.05, 0.1) is 27.5 Å².